The van der Waals surface area contributed by atoms with Crippen LogP contribution in [0.4, 0.5) is 4.79 Å². The minimum atomic E-state index is -1.83. The van der Waals surface area contributed by atoms with Crippen LogP contribution in [0.15, 0.2) is 0 Å². The molecule has 7 nitrogen and oxygen atoms in total. The summed E-state index contributed by atoms with van der Waals surface area (Å²) in [5.41, 5.74) is 0. The Kier molecular flexibility index (Phi) is 5.84. The first kappa shape index (κ1) is 13.2. The number of hydrogen-bond acceptors (Lipinski definition) is 5. The highest BCUT2D eigenvalue weighted by Gasteiger charge is 2.17. The second kappa shape index (κ2) is 6.63. The van der Waals surface area contributed by atoms with E-state index in [9.17, 15) is 9.59 Å². The van der Waals surface area contributed by atoms with Crippen LogP contribution in [-0.4, -0.2) is 41.0 Å². The molecular weight excluding hydrogens is 208 g/mol. The number of esters is 2. The highest BCUT2D eigenvalue weighted by atomic mass is 16.6. The Balaban J connectivity index is 0.000000423. The molecular formula is C8H12O7. The van der Waals surface area contributed by atoms with E-state index in [1.54, 1.807) is 6.92 Å². The highest BCUT2D eigenvalue weighted by Crippen LogP contribution is 2.04. The van der Waals surface area contributed by atoms with Gasteiger partial charge in [-0.1, -0.05) is 0 Å². The third-order valence-corrected chi connectivity index (χ3v) is 1.34. The summed E-state index contributed by atoms with van der Waals surface area (Å²) in [5, 5.41) is 13.9. The smallest absolute Gasteiger partial charge is 0.462 e. The normalized spacial score (nSPS) is 21.0. The fraction of sp³-hybridized carbons (Fsp3) is 0.625. The minimum Gasteiger partial charge on any atom is -0.462 e. The van der Waals surface area contributed by atoms with Crippen molar-refractivity contribution in [2.24, 2.45) is 0 Å². The second-order valence-corrected chi connectivity index (χ2v) is 2.77. The maximum Gasteiger partial charge on any atom is 0.503 e. The van der Waals surface area contributed by atoms with E-state index in [1.807, 2.05) is 0 Å². The zero-order chi connectivity index (χ0) is 11.8. The third kappa shape index (κ3) is 8.54. The molecule has 1 fully saturated rings. The van der Waals surface area contributed by atoms with E-state index >= 15 is 0 Å². The zero-order valence-electron chi connectivity index (χ0n) is 8.13. The van der Waals surface area contributed by atoms with Gasteiger partial charge in [-0.05, 0) is 6.92 Å². The van der Waals surface area contributed by atoms with Gasteiger partial charge in [0, 0.05) is 0 Å². The molecule has 0 radical (unpaired) electrons. The molecule has 0 aromatic rings. The van der Waals surface area contributed by atoms with Gasteiger partial charge in [-0.2, -0.15) is 0 Å². The summed E-state index contributed by atoms with van der Waals surface area (Å²) in [6, 6.07) is 0. The molecule has 15 heavy (non-hydrogen) atoms. The molecule has 0 amide bonds. The maximum atomic E-state index is 10.8. The molecule has 86 valence electrons. The van der Waals surface area contributed by atoms with Crippen molar-refractivity contribution in [2.75, 3.05) is 6.61 Å². The Morgan fingerprint density at radius 3 is 2.27 bits per heavy atom. The van der Waals surface area contributed by atoms with Crippen molar-refractivity contribution in [3.05, 3.63) is 0 Å². The number of ether oxygens (including phenoxy) is 2. The first-order valence-corrected chi connectivity index (χ1v) is 4.18. The summed E-state index contributed by atoms with van der Waals surface area (Å²) >= 11 is 0. The molecule has 1 rings (SSSR count). The Bertz CT molecular complexity index is 243. The van der Waals surface area contributed by atoms with E-state index in [-0.39, 0.29) is 37.5 Å². The van der Waals surface area contributed by atoms with Gasteiger partial charge in [0.2, 0.25) is 0 Å². The van der Waals surface area contributed by atoms with Crippen molar-refractivity contribution in [1.29, 1.82) is 0 Å². The molecule has 0 aromatic carbocycles. The van der Waals surface area contributed by atoms with E-state index in [0.717, 1.165) is 0 Å². The standard InChI is InChI=1S/C7H10O4.CH2O3/c1-5-4-10-6(8)2-3-7(9)11-5;2-1(3)4/h5H,2-4H2,1H3;(H2,2,3,4). The largest absolute Gasteiger partial charge is 0.503 e. The maximum absolute atomic E-state index is 10.8. The molecule has 0 aromatic heterocycles. The molecule has 0 bridgehead atoms. The zero-order valence-corrected chi connectivity index (χ0v) is 8.13. The van der Waals surface area contributed by atoms with Gasteiger partial charge in [-0.25, -0.2) is 4.79 Å². The molecule has 1 saturated heterocycles. The molecule has 7 heteroatoms. The Labute approximate surface area is 85.6 Å². The van der Waals surface area contributed by atoms with E-state index in [0.29, 0.717) is 0 Å². The molecule has 1 atom stereocenters. The first-order chi connectivity index (χ1) is 6.91. The number of carbonyl (C=O) groups is 3. The van der Waals surface area contributed by atoms with Crippen LogP contribution in [0.2, 0.25) is 0 Å². The van der Waals surface area contributed by atoms with Crippen LogP contribution in [0, 0.1) is 0 Å². The predicted molar refractivity (Wildman–Crippen MR) is 46.4 cm³/mol. The van der Waals surface area contributed by atoms with E-state index in [4.69, 9.17) is 24.5 Å². The minimum absolute atomic E-state index is 0.128. The van der Waals surface area contributed by atoms with Crippen molar-refractivity contribution in [1.82, 2.24) is 0 Å². The van der Waals surface area contributed by atoms with Crippen LogP contribution >= 0.6 is 0 Å². The molecule has 1 aliphatic heterocycles. The summed E-state index contributed by atoms with van der Waals surface area (Å²) in [6.45, 7) is 1.86. The van der Waals surface area contributed by atoms with E-state index in [2.05, 4.69) is 0 Å². The summed E-state index contributed by atoms with van der Waals surface area (Å²) in [6.07, 6.45) is -1.89. The fourth-order valence-electron chi connectivity index (χ4n) is 0.804. The SMILES string of the molecule is CC1COC(=O)CCC(=O)O1.O=C(O)O. The van der Waals surface area contributed by atoms with Gasteiger partial charge in [-0.3, -0.25) is 9.59 Å². The second-order valence-electron chi connectivity index (χ2n) is 2.77. The molecule has 0 saturated carbocycles. The lowest BCUT2D eigenvalue weighted by Crippen LogP contribution is -2.26. The van der Waals surface area contributed by atoms with Crippen LogP contribution in [0.5, 0.6) is 0 Å². The number of carbonyl (C=O) groups excluding carboxylic acids is 2. The number of cyclic esters (lactones) is 2. The van der Waals surface area contributed by atoms with Gasteiger partial charge in [0.25, 0.3) is 0 Å². The fourth-order valence-corrected chi connectivity index (χ4v) is 0.804. The van der Waals surface area contributed by atoms with Crippen LogP contribution in [0.3, 0.4) is 0 Å². The van der Waals surface area contributed by atoms with E-state index < -0.39 is 6.16 Å². The molecule has 2 N–H and O–H groups in total. The van der Waals surface area contributed by atoms with E-state index in [1.165, 1.54) is 0 Å². The monoisotopic (exact) mass is 220 g/mol. The van der Waals surface area contributed by atoms with Gasteiger partial charge in [-0.15, -0.1) is 0 Å². The summed E-state index contributed by atoms with van der Waals surface area (Å²) in [7, 11) is 0. The number of rotatable bonds is 0. The lowest BCUT2D eigenvalue weighted by molar-refractivity contribution is -0.164. The molecule has 1 unspecified atom stereocenters. The predicted octanol–water partition coefficient (Wildman–Crippen LogP) is 0.477. The van der Waals surface area contributed by atoms with Crippen LogP contribution in [0.25, 0.3) is 0 Å². The lowest BCUT2D eigenvalue weighted by Gasteiger charge is -2.16. The third-order valence-electron chi connectivity index (χ3n) is 1.34. The Morgan fingerprint density at radius 1 is 1.27 bits per heavy atom. The number of carboxylic acid groups (broad SMARTS) is 2. The Morgan fingerprint density at radius 2 is 1.73 bits per heavy atom. The summed E-state index contributed by atoms with van der Waals surface area (Å²) in [4.78, 5) is 30.0. The highest BCUT2D eigenvalue weighted by molar-refractivity contribution is 5.78. The molecule has 1 heterocycles. The summed E-state index contributed by atoms with van der Waals surface area (Å²) in [5.74, 6) is -0.650. The molecule has 0 spiro atoms. The topological polar surface area (TPSA) is 110 Å². The molecule has 0 aliphatic carbocycles. The van der Waals surface area contributed by atoms with Crippen LogP contribution < -0.4 is 0 Å². The van der Waals surface area contributed by atoms with Crippen molar-refractivity contribution in [3.8, 4) is 0 Å². The molecule has 1 aliphatic rings. The first-order valence-electron chi connectivity index (χ1n) is 4.18. The van der Waals surface area contributed by atoms with Crippen molar-refractivity contribution < 1.29 is 34.1 Å². The van der Waals surface area contributed by atoms with Crippen molar-refractivity contribution in [2.45, 2.75) is 25.9 Å². The average Bonchev–Trinajstić information content (AvgIpc) is 2.08. The quantitative estimate of drug-likeness (QED) is 0.571. The van der Waals surface area contributed by atoms with Crippen molar-refractivity contribution in [3.63, 3.8) is 0 Å². The van der Waals surface area contributed by atoms with Gasteiger partial charge in [0.15, 0.2) is 0 Å². The van der Waals surface area contributed by atoms with Gasteiger partial charge >= 0.3 is 18.1 Å². The Hall–Kier alpha value is -1.79. The van der Waals surface area contributed by atoms with Gasteiger partial charge in [0.05, 0.1) is 12.8 Å². The van der Waals surface area contributed by atoms with Crippen molar-refractivity contribution >= 4 is 18.1 Å². The van der Waals surface area contributed by atoms with Gasteiger partial charge in [0.1, 0.15) is 12.7 Å². The average molecular weight is 220 g/mol. The number of hydrogen-bond donors (Lipinski definition) is 2. The van der Waals surface area contributed by atoms with Gasteiger partial charge < -0.3 is 19.7 Å². The van der Waals surface area contributed by atoms with Crippen LogP contribution in [-0.2, 0) is 19.1 Å². The summed E-state index contributed by atoms with van der Waals surface area (Å²) < 4.78 is 9.55. The van der Waals surface area contributed by atoms with Crippen LogP contribution in [0.1, 0.15) is 19.8 Å². The lowest BCUT2D eigenvalue weighted by atomic mass is 10.3.